The van der Waals surface area contributed by atoms with Gasteiger partial charge in [0.15, 0.2) is 0 Å². The fraction of sp³-hybridized carbons (Fsp3) is 0.333. The lowest BCUT2D eigenvalue weighted by molar-refractivity contribution is 1.07. The molecule has 2 N–H and O–H groups in total. The van der Waals surface area contributed by atoms with Crippen LogP contribution in [0.5, 0.6) is 0 Å². The summed E-state index contributed by atoms with van der Waals surface area (Å²) in [7, 11) is 0. The molecule has 4 nitrogen and oxygen atoms in total. The van der Waals surface area contributed by atoms with Gasteiger partial charge in [0, 0.05) is 27.6 Å². The Morgan fingerprint density at radius 3 is 1.37 bits per heavy atom. The maximum atomic E-state index is 5.32. The highest BCUT2D eigenvalue weighted by Crippen LogP contribution is 2.38. The first-order valence-electron chi connectivity index (χ1n) is 17.3. The van der Waals surface area contributed by atoms with Gasteiger partial charge in [-0.1, -0.05) is 78.5 Å². The molecule has 0 amide bonds. The molecule has 4 heteroatoms. The third-order valence-electron chi connectivity index (χ3n) is 9.60. The van der Waals surface area contributed by atoms with Crippen molar-refractivity contribution < 1.29 is 0 Å². The molecule has 0 unspecified atom stereocenters. The number of benzene rings is 1. The number of aromatic amines is 2. The highest BCUT2D eigenvalue weighted by molar-refractivity contribution is 6.01. The molecule has 0 aliphatic carbocycles. The largest absolute Gasteiger partial charge is 0.355 e. The van der Waals surface area contributed by atoms with Crippen molar-refractivity contribution in [3.63, 3.8) is 0 Å². The Labute approximate surface area is 274 Å². The van der Waals surface area contributed by atoms with Gasteiger partial charge in [-0.25, -0.2) is 9.97 Å². The topological polar surface area (TPSA) is 57.4 Å². The molecule has 2 aliphatic rings. The van der Waals surface area contributed by atoms with Crippen LogP contribution in [-0.4, -0.2) is 19.9 Å². The highest BCUT2D eigenvalue weighted by atomic mass is 14.8. The molecule has 1 aromatic carbocycles. The van der Waals surface area contributed by atoms with Crippen LogP contribution >= 0.6 is 0 Å². The van der Waals surface area contributed by atoms with Gasteiger partial charge in [0.05, 0.1) is 28.3 Å². The monoisotopic (exact) mass is 606 g/mol. The minimum absolute atomic E-state index is 0.839. The Kier molecular flexibility index (Phi) is 9.13. The Morgan fingerprint density at radius 1 is 0.457 bits per heavy atom. The number of nitrogens with zero attached hydrogens (tertiary/aromatic N) is 2. The number of allylic oxidation sites excluding steroid dienone is 4. The van der Waals surface area contributed by atoms with Crippen LogP contribution in [0.3, 0.4) is 0 Å². The third kappa shape index (κ3) is 5.53. The first-order chi connectivity index (χ1) is 22.5. The molecule has 0 saturated heterocycles. The number of aromatic nitrogens is 4. The van der Waals surface area contributed by atoms with Crippen LogP contribution in [-0.2, 0) is 25.7 Å². The number of hydrogen-bond acceptors (Lipinski definition) is 2. The van der Waals surface area contributed by atoms with Crippen molar-refractivity contribution in [2.75, 3.05) is 0 Å². The van der Waals surface area contributed by atoms with E-state index in [9.17, 15) is 0 Å². The molecule has 0 saturated carbocycles. The molecular formula is C42H46N4. The second-order valence-electron chi connectivity index (χ2n) is 12.1. The molecule has 3 aromatic heterocycles. The molecule has 0 fully saturated rings. The van der Waals surface area contributed by atoms with E-state index in [4.69, 9.17) is 9.97 Å². The Hall–Kier alpha value is -4.62. The summed E-state index contributed by atoms with van der Waals surface area (Å²) in [6, 6.07) is 19.3. The molecule has 2 aliphatic heterocycles. The zero-order chi connectivity index (χ0) is 32.4. The van der Waals surface area contributed by atoms with Crippen molar-refractivity contribution >= 4 is 44.4 Å². The second-order valence-corrected chi connectivity index (χ2v) is 12.1. The van der Waals surface area contributed by atoms with Crippen LogP contribution in [0.2, 0.25) is 0 Å². The van der Waals surface area contributed by atoms with Crippen LogP contribution in [0, 0.1) is 11.8 Å². The molecule has 0 atom stereocenters. The summed E-state index contributed by atoms with van der Waals surface area (Å²) in [5.41, 5.74) is 19.9. The number of nitrogens with one attached hydrogen (secondary N) is 2. The molecule has 6 rings (SSSR count). The van der Waals surface area contributed by atoms with E-state index < -0.39 is 0 Å². The molecule has 0 spiro atoms. The summed E-state index contributed by atoms with van der Waals surface area (Å²) in [5.74, 6) is 6.99. The van der Waals surface area contributed by atoms with Crippen molar-refractivity contribution in [2.45, 2.75) is 93.4 Å². The number of aryl methyl sites for hydroxylation is 4. The zero-order valence-corrected chi connectivity index (χ0v) is 28.5. The Bertz CT molecular complexity index is 2090. The molecule has 46 heavy (non-hydrogen) atoms. The lowest BCUT2D eigenvalue weighted by Gasteiger charge is -2.03. The van der Waals surface area contributed by atoms with Gasteiger partial charge in [-0.3, -0.25) is 0 Å². The smallest absolute Gasteiger partial charge is 0.0818 e. The minimum atomic E-state index is 0.839. The first-order valence-corrected chi connectivity index (χ1v) is 17.3. The van der Waals surface area contributed by atoms with Gasteiger partial charge in [0.2, 0.25) is 0 Å². The summed E-state index contributed by atoms with van der Waals surface area (Å²) in [5, 5.41) is 0. The molecular weight excluding hydrogens is 560 g/mol. The van der Waals surface area contributed by atoms with Crippen molar-refractivity contribution in [1.82, 2.24) is 19.9 Å². The molecule has 5 heterocycles. The summed E-state index contributed by atoms with van der Waals surface area (Å²) in [6.07, 6.45) is 6.53. The van der Waals surface area contributed by atoms with Gasteiger partial charge in [-0.2, -0.15) is 0 Å². The Morgan fingerprint density at radius 2 is 0.891 bits per heavy atom. The standard InChI is InChI=1S/C42H46N4/c1-8-27-28(9-2)36-23-38-31(12-5)32(13-6)40(45-38)25-42-34(21-20-26-18-16-15-17-19-26)33(14-7)41(46-42)24-39-30(11-4)29(10-3)37(44-39)22-35(27)43-36/h15-19,22-25,43-44H,8-14H2,1-7H3. The lowest BCUT2D eigenvalue weighted by Crippen LogP contribution is -1.87. The third-order valence-corrected chi connectivity index (χ3v) is 9.60. The van der Waals surface area contributed by atoms with Crippen molar-refractivity contribution in [3.05, 3.63) is 105 Å². The fourth-order valence-electron chi connectivity index (χ4n) is 7.41. The summed E-state index contributed by atoms with van der Waals surface area (Å²) in [4.78, 5) is 18.3. The van der Waals surface area contributed by atoms with E-state index in [2.05, 4.69) is 107 Å². The summed E-state index contributed by atoms with van der Waals surface area (Å²) >= 11 is 0. The van der Waals surface area contributed by atoms with E-state index in [1.807, 2.05) is 18.2 Å². The lowest BCUT2D eigenvalue weighted by atomic mass is 9.98. The minimum Gasteiger partial charge on any atom is -0.355 e. The average Bonchev–Trinajstić information content (AvgIpc) is 3.79. The quantitative estimate of drug-likeness (QED) is 0.206. The molecule has 8 bridgehead atoms. The first kappa shape index (κ1) is 31.4. The van der Waals surface area contributed by atoms with Crippen LogP contribution in [0.25, 0.3) is 44.4 Å². The zero-order valence-electron chi connectivity index (χ0n) is 28.5. The second kappa shape index (κ2) is 13.4. The van der Waals surface area contributed by atoms with E-state index in [1.165, 1.54) is 55.5 Å². The number of fused-ring (bicyclic) bond motifs is 8. The van der Waals surface area contributed by atoms with Gasteiger partial charge in [0.25, 0.3) is 0 Å². The average molecular weight is 607 g/mol. The van der Waals surface area contributed by atoms with Crippen molar-refractivity contribution in [1.29, 1.82) is 0 Å². The van der Waals surface area contributed by atoms with E-state index in [0.29, 0.717) is 0 Å². The maximum absolute atomic E-state index is 5.32. The molecule has 4 aromatic rings. The van der Waals surface area contributed by atoms with Gasteiger partial charge < -0.3 is 9.97 Å². The van der Waals surface area contributed by atoms with Crippen LogP contribution in [0.15, 0.2) is 54.6 Å². The van der Waals surface area contributed by atoms with Crippen LogP contribution in [0.1, 0.15) is 118 Å². The van der Waals surface area contributed by atoms with E-state index in [0.717, 1.165) is 84.4 Å². The van der Waals surface area contributed by atoms with Gasteiger partial charge in [-0.15, -0.1) is 0 Å². The maximum Gasteiger partial charge on any atom is 0.0818 e. The van der Waals surface area contributed by atoms with E-state index in [1.54, 1.807) is 0 Å². The van der Waals surface area contributed by atoms with Gasteiger partial charge in [-0.05, 0) is 120 Å². The van der Waals surface area contributed by atoms with Gasteiger partial charge >= 0.3 is 0 Å². The van der Waals surface area contributed by atoms with Crippen molar-refractivity contribution in [3.8, 4) is 11.8 Å². The van der Waals surface area contributed by atoms with Crippen LogP contribution < -0.4 is 0 Å². The molecule has 0 radical (unpaired) electrons. The number of H-pyrrole nitrogens is 2. The van der Waals surface area contributed by atoms with E-state index >= 15 is 0 Å². The van der Waals surface area contributed by atoms with Crippen molar-refractivity contribution in [2.24, 2.45) is 0 Å². The van der Waals surface area contributed by atoms with Gasteiger partial charge in [0.1, 0.15) is 0 Å². The summed E-state index contributed by atoms with van der Waals surface area (Å²) < 4.78 is 0. The highest BCUT2D eigenvalue weighted by Gasteiger charge is 2.23. The van der Waals surface area contributed by atoms with Crippen LogP contribution in [0.4, 0.5) is 0 Å². The fourth-order valence-corrected chi connectivity index (χ4v) is 7.41. The number of rotatable bonds is 7. The SMILES string of the molecule is CCC1=C(C#Cc2ccccc2)c2cc3nc(cc4[nH]c(cc5[nH]c(cc1n2)c(CC)c5CC)c(CC)c4CC)C(CC)=C3CC. The number of hydrogen-bond donors (Lipinski definition) is 2. The molecule has 234 valence electrons. The summed E-state index contributed by atoms with van der Waals surface area (Å²) in [6.45, 7) is 15.7. The van der Waals surface area contributed by atoms with E-state index in [-0.39, 0.29) is 0 Å². The normalized spacial score (nSPS) is 12.9. The predicted molar refractivity (Wildman–Crippen MR) is 196 cm³/mol. The Balaban J connectivity index is 1.79. The predicted octanol–water partition coefficient (Wildman–Crippen LogP) is 10.7.